The smallest absolute Gasteiger partial charge is 0.226 e. The van der Waals surface area contributed by atoms with E-state index in [2.05, 4.69) is 0 Å². The van der Waals surface area contributed by atoms with E-state index in [1.807, 2.05) is 23.1 Å². The van der Waals surface area contributed by atoms with Gasteiger partial charge in [-0.2, -0.15) is 0 Å². The fourth-order valence-electron chi connectivity index (χ4n) is 3.42. The minimum atomic E-state index is 0.172. The monoisotopic (exact) mass is 305 g/mol. The van der Waals surface area contributed by atoms with E-state index in [4.69, 9.17) is 4.74 Å². The number of para-hydroxylation sites is 1. The van der Waals surface area contributed by atoms with Crippen LogP contribution in [0.25, 0.3) is 0 Å². The Labute approximate surface area is 131 Å². The number of phenolic OH excluding ortho intramolecular Hbond substituents is 1. The van der Waals surface area contributed by atoms with Gasteiger partial charge >= 0.3 is 0 Å². The van der Waals surface area contributed by atoms with Crippen LogP contribution in [0.1, 0.15) is 18.4 Å². The van der Waals surface area contributed by atoms with Crippen molar-refractivity contribution >= 4 is 5.91 Å². The molecule has 22 heavy (non-hydrogen) atoms. The van der Waals surface area contributed by atoms with Crippen LogP contribution >= 0.6 is 0 Å². The molecule has 0 saturated carbocycles. The molecule has 2 N–H and O–H groups in total. The van der Waals surface area contributed by atoms with Gasteiger partial charge in [-0.05, 0) is 12.1 Å². The topological polar surface area (TPSA) is 54.2 Å². The van der Waals surface area contributed by atoms with E-state index in [9.17, 15) is 9.90 Å². The molecule has 0 aliphatic carbocycles. The lowest BCUT2D eigenvalue weighted by Crippen LogP contribution is -3.11. The third kappa shape index (κ3) is 3.59. The van der Waals surface area contributed by atoms with Crippen LogP contribution in [-0.4, -0.2) is 55.3 Å². The van der Waals surface area contributed by atoms with Crippen molar-refractivity contribution in [2.24, 2.45) is 5.92 Å². The maximum atomic E-state index is 12.5. The lowest BCUT2D eigenvalue weighted by atomic mass is 9.94. The van der Waals surface area contributed by atoms with Crippen LogP contribution in [0.3, 0.4) is 0 Å². The van der Waals surface area contributed by atoms with Crippen molar-refractivity contribution in [3.05, 3.63) is 29.8 Å². The number of morpholine rings is 1. The van der Waals surface area contributed by atoms with Gasteiger partial charge < -0.3 is 19.6 Å². The molecule has 0 spiro atoms. The molecule has 0 aromatic heterocycles. The van der Waals surface area contributed by atoms with Crippen molar-refractivity contribution in [3.8, 4) is 5.75 Å². The average molecular weight is 305 g/mol. The second kappa shape index (κ2) is 7.11. The first-order valence-corrected chi connectivity index (χ1v) is 8.21. The summed E-state index contributed by atoms with van der Waals surface area (Å²) >= 11 is 0. The van der Waals surface area contributed by atoms with Gasteiger partial charge in [0.05, 0.1) is 26.3 Å². The first-order valence-electron chi connectivity index (χ1n) is 8.21. The van der Waals surface area contributed by atoms with Crippen LogP contribution in [0.2, 0.25) is 0 Å². The van der Waals surface area contributed by atoms with E-state index < -0.39 is 0 Å². The minimum absolute atomic E-state index is 0.172. The maximum Gasteiger partial charge on any atom is 0.226 e. The Morgan fingerprint density at radius 2 is 1.91 bits per heavy atom. The Kier molecular flexibility index (Phi) is 4.95. The van der Waals surface area contributed by atoms with Crippen molar-refractivity contribution in [2.45, 2.75) is 19.4 Å². The van der Waals surface area contributed by atoms with Crippen LogP contribution in [-0.2, 0) is 16.1 Å². The van der Waals surface area contributed by atoms with E-state index >= 15 is 0 Å². The number of benzene rings is 1. The Morgan fingerprint density at radius 1 is 1.23 bits per heavy atom. The third-order valence-electron chi connectivity index (χ3n) is 4.80. The summed E-state index contributed by atoms with van der Waals surface area (Å²) in [5.74, 6) is 0.859. The van der Waals surface area contributed by atoms with E-state index in [0.717, 1.165) is 51.1 Å². The largest absolute Gasteiger partial charge is 0.507 e. The Bertz CT molecular complexity index is 506. The van der Waals surface area contributed by atoms with Gasteiger partial charge in [0.2, 0.25) is 5.91 Å². The first-order chi connectivity index (χ1) is 10.7. The van der Waals surface area contributed by atoms with Crippen molar-refractivity contribution in [1.82, 2.24) is 4.90 Å². The third-order valence-corrected chi connectivity index (χ3v) is 4.80. The second-order valence-electron chi connectivity index (χ2n) is 6.27. The molecule has 1 aromatic carbocycles. The number of carbonyl (C=O) groups excluding carboxylic acids is 1. The van der Waals surface area contributed by atoms with Crippen molar-refractivity contribution in [2.75, 3.05) is 39.4 Å². The van der Waals surface area contributed by atoms with Crippen molar-refractivity contribution < 1.29 is 19.5 Å². The van der Waals surface area contributed by atoms with Gasteiger partial charge in [0.1, 0.15) is 12.3 Å². The number of ether oxygens (including phenoxy) is 1. The number of amides is 1. The van der Waals surface area contributed by atoms with Crippen molar-refractivity contribution in [3.63, 3.8) is 0 Å². The Balaban J connectivity index is 1.50. The number of aromatic hydroxyl groups is 1. The summed E-state index contributed by atoms with van der Waals surface area (Å²) in [6, 6.07) is 7.53. The molecule has 2 aliphatic heterocycles. The fraction of sp³-hybridized carbons (Fsp3) is 0.588. The van der Waals surface area contributed by atoms with Gasteiger partial charge in [-0.25, -0.2) is 0 Å². The number of carbonyl (C=O) groups is 1. The number of piperidine rings is 1. The lowest BCUT2D eigenvalue weighted by Gasteiger charge is -2.34. The summed E-state index contributed by atoms with van der Waals surface area (Å²) in [6.07, 6.45) is 1.89. The normalized spacial score (nSPS) is 25.9. The van der Waals surface area contributed by atoms with Gasteiger partial charge in [0, 0.05) is 37.4 Å². The van der Waals surface area contributed by atoms with Crippen molar-refractivity contribution in [1.29, 1.82) is 0 Å². The number of hydrogen-bond donors (Lipinski definition) is 2. The molecular formula is C17H25N2O3+. The Hall–Kier alpha value is -1.59. The minimum Gasteiger partial charge on any atom is -0.507 e. The molecule has 5 heteroatoms. The Morgan fingerprint density at radius 3 is 2.59 bits per heavy atom. The van der Waals surface area contributed by atoms with Crippen LogP contribution in [0, 0.1) is 5.92 Å². The zero-order chi connectivity index (χ0) is 15.4. The van der Waals surface area contributed by atoms with Gasteiger partial charge in [-0.15, -0.1) is 0 Å². The molecule has 2 fully saturated rings. The molecule has 2 aliphatic rings. The number of quaternary nitrogens is 1. The predicted octanol–water partition coefficient (Wildman–Crippen LogP) is 0.0459. The molecule has 5 nitrogen and oxygen atoms in total. The van der Waals surface area contributed by atoms with E-state index in [1.54, 1.807) is 6.07 Å². The van der Waals surface area contributed by atoms with E-state index in [-0.39, 0.29) is 5.92 Å². The average Bonchev–Trinajstić information content (AvgIpc) is 2.58. The van der Waals surface area contributed by atoms with Crippen LogP contribution in [0.5, 0.6) is 5.75 Å². The quantitative estimate of drug-likeness (QED) is 0.829. The highest BCUT2D eigenvalue weighted by molar-refractivity contribution is 5.79. The maximum absolute atomic E-state index is 12.5. The first kappa shape index (κ1) is 15.3. The summed E-state index contributed by atoms with van der Waals surface area (Å²) in [7, 11) is 0. The predicted molar refractivity (Wildman–Crippen MR) is 82.6 cm³/mol. The number of phenols is 1. The number of nitrogens with zero attached hydrogens (tertiary/aromatic N) is 1. The van der Waals surface area contributed by atoms with E-state index in [0.29, 0.717) is 24.9 Å². The summed E-state index contributed by atoms with van der Waals surface area (Å²) in [5, 5.41) is 9.87. The van der Waals surface area contributed by atoms with Crippen LogP contribution in [0.15, 0.2) is 24.3 Å². The van der Waals surface area contributed by atoms with E-state index in [1.165, 1.54) is 4.90 Å². The van der Waals surface area contributed by atoms with Gasteiger partial charge in [-0.1, -0.05) is 12.1 Å². The molecule has 3 rings (SSSR count). The summed E-state index contributed by atoms with van der Waals surface area (Å²) < 4.78 is 5.31. The highest BCUT2D eigenvalue weighted by Gasteiger charge is 2.31. The highest BCUT2D eigenvalue weighted by atomic mass is 16.5. The molecule has 120 valence electrons. The molecule has 1 amide bonds. The number of hydrogen-bond acceptors (Lipinski definition) is 3. The molecular weight excluding hydrogens is 280 g/mol. The SMILES string of the molecule is O=C(C1CC[NH+](Cc2ccccc2O)CC1)N1CCOCC1. The van der Waals surface area contributed by atoms with Gasteiger partial charge in [0.25, 0.3) is 0 Å². The zero-order valence-corrected chi connectivity index (χ0v) is 13.0. The molecule has 0 unspecified atom stereocenters. The summed E-state index contributed by atoms with van der Waals surface area (Å²) in [5.41, 5.74) is 0.996. The number of nitrogens with one attached hydrogen (secondary N) is 1. The zero-order valence-electron chi connectivity index (χ0n) is 13.0. The standard InChI is InChI=1S/C17H24N2O3/c20-16-4-2-1-3-15(16)13-18-7-5-14(6-8-18)17(21)19-9-11-22-12-10-19/h1-4,14,20H,5-13H2/p+1. The fourth-order valence-corrected chi connectivity index (χ4v) is 3.42. The van der Waals surface area contributed by atoms with Gasteiger partial charge in [-0.3, -0.25) is 4.79 Å². The summed E-state index contributed by atoms with van der Waals surface area (Å²) in [4.78, 5) is 15.9. The van der Waals surface area contributed by atoms with Crippen LogP contribution < -0.4 is 4.90 Å². The van der Waals surface area contributed by atoms with Crippen LogP contribution in [0.4, 0.5) is 0 Å². The molecule has 1 aromatic rings. The molecule has 0 radical (unpaired) electrons. The second-order valence-corrected chi connectivity index (χ2v) is 6.27. The molecule has 2 heterocycles. The number of rotatable bonds is 3. The molecule has 2 saturated heterocycles. The van der Waals surface area contributed by atoms with Gasteiger partial charge in [0.15, 0.2) is 0 Å². The summed E-state index contributed by atoms with van der Waals surface area (Å²) in [6.45, 7) is 5.65. The molecule has 0 atom stereocenters. The lowest BCUT2D eigenvalue weighted by molar-refractivity contribution is -0.919. The number of likely N-dealkylation sites (tertiary alicyclic amines) is 1. The highest BCUT2D eigenvalue weighted by Crippen LogP contribution is 2.17. The molecule has 0 bridgehead atoms.